The third-order valence-corrected chi connectivity index (χ3v) is 5.49. The fraction of sp³-hybridized carbons (Fsp3) is 0.522. The molecular weight excluding hydrogens is 405 g/mol. The van der Waals surface area contributed by atoms with Gasteiger partial charge in [0, 0.05) is 12.0 Å². The van der Waals surface area contributed by atoms with Gasteiger partial charge in [0.05, 0.1) is 6.54 Å². The van der Waals surface area contributed by atoms with Gasteiger partial charge in [-0.1, -0.05) is 63.2 Å². The first-order chi connectivity index (χ1) is 12.9. The average Bonchev–Trinajstić information content (AvgIpc) is 2.68. The number of nitrogens with one attached hydrogen (secondary N) is 1. The van der Waals surface area contributed by atoms with Gasteiger partial charge in [-0.3, -0.25) is 9.69 Å². The molecule has 0 spiro atoms. The molecule has 0 radical (unpaired) electrons. The summed E-state index contributed by atoms with van der Waals surface area (Å²) in [4.78, 5) is 16.8. The molecule has 1 amide bonds. The average molecular weight is 442 g/mol. The molecule has 0 heterocycles. The fourth-order valence-corrected chi connectivity index (χ4v) is 3.54. The molecule has 0 saturated heterocycles. The number of fused-ring (bicyclic) bond motifs is 1. The minimum absolute atomic E-state index is 0. The van der Waals surface area contributed by atoms with Gasteiger partial charge in [0.2, 0.25) is 5.91 Å². The lowest BCUT2D eigenvalue weighted by atomic mass is 9.77. The molecule has 0 aliphatic carbocycles. The Bertz CT molecular complexity index is 744. The van der Waals surface area contributed by atoms with Crippen molar-refractivity contribution in [3.05, 3.63) is 48.0 Å². The maximum Gasteiger partial charge on any atom is 0.234 e. The highest BCUT2D eigenvalue weighted by Crippen LogP contribution is 2.33. The molecule has 2 aromatic rings. The molecule has 0 fully saturated rings. The van der Waals surface area contributed by atoms with Crippen LogP contribution in [0, 0.1) is 0 Å². The predicted molar refractivity (Wildman–Crippen MR) is 130 cm³/mol. The normalized spacial score (nSPS) is 12.9. The highest BCUT2D eigenvalue weighted by atomic mass is 35.5. The van der Waals surface area contributed by atoms with Gasteiger partial charge in [0.15, 0.2) is 0 Å². The molecule has 0 bridgehead atoms. The number of amides is 1. The molecule has 1 N–H and O–H groups in total. The van der Waals surface area contributed by atoms with Crippen LogP contribution in [0.2, 0.25) is 0 Å². The van der Waals surface area contributed by atoms with E-state index < -0.39 is 0 Å². The number of likely N-dealkylation sites (N-methyl/N-ethyl adjacent to an activating group) is 1. The zero-order chi connectivity index (χ0) is 19.9. The van der Waals surface area contributed by atoms with Crippen molar-refractivity contribution in [1.82, 2.24) is 15.1 Å². The van der Waals surface area contributed by atoms with E-state index >= 15 is 0 Å². The number of hydrogen-bond acceptors (Lipinski definition) is 3. The second kappa shape index (κ2) is 13.1. The van der Waals surface area contributed by atoms with E-state index in [-0.39, 0.29) is 36.1 Å². The maximum atomic E-state index is 12.5. The highest BCUT2D eigenvalue weighted by molar-refractivity contribution is 5.87. The summed E-state index contributed by atoms with van der Waals surface area (Å²) >= 11 is 0. The Labute approximate surface area is 188 Å². The van der Waals surface area contributed by atoms with Crippen molar-refractivity contribution in [2.45, 2.75) is 32.6 Å². The topological polar surface area (TPSA) is 35.6 Å². The van der Waals surface area contributed by atoms with E-state index in [2.05, 4.69) is 92.4 Å². The summed E-state index contributed by atoms with van der Waals surface area (Å²) in [5.74, 6) is 0.106. The minimum atomic E-state index is -0.121. The first-order valence-electron chi connectivity index (χ1n) is 10.0. The first kappa shape index (κ1) is 27.7. The molecule has 0 aliphatic rings. The van der Waals surface area contributed by atoms with Gasteiger partial charge in [0.25, 0.3) is 0 Å². The molecular formula is C23H37Cl2N3O. The fourth-order valence-electron chi connectivity index (χ4n) is 3.54. The molecule has 2 aromatic carbocycles. The molecule has 0 aromatic heterocycles. The van der Waals surface area contributed by atoms with Crippen molar-refractivity contribution in [2.24, 2.45) is 0 Å². The Morgan fingerprint density at radius 1 is 1.00 bits per heavy atom. The molecule has 29 heavy (non-hydrogen) atoms. The van der Waals surface area contributed by atoms with Gasteiger partial charge >= 0.3 is 0 Å². The van der Waals surface area contributed by atoms with Crippen LogP contribution >= 0.6 is 24.8 Å². The van der Waals surface area contributed by atoms with Crippen LogP contribution in [0.5, 0.6) is 0 Å². The van der Waals surface area contributed by atoms with Gasteiger partial charge < -0.3 is 10.2 Å². The van der Waals surface area contributed by atoms with Gasteiger partial charge in [-0.25, -0.2) is 0 Å². The highest BCUT2D eigenvalue weighted by Gasteiger charge is 2.29. The standard InChI is InChI=1S/C23H35N3O.2ClH/c1-6-26(7-2)17-22(27)24-18-23(3,15-16-25(4)5)21-14-10-12-19-11-8-9-13-20(19)21;;/h8-14H,6-7,15-18H2,1-5H3,(H,24,27);2*1H. The summed E-state index contributed by atoms with van der Waals surface area (Å²) in [6.45, 7) is 10.3. The number of benzene rings is 2. The van der Waals surface area contributed by atoms with Crippen LogP contribution < -0.4 is 5.32 Å². The van der Waals surface area contributed by atoms with Crippen LogP contribution in [-0.2, 0) is 10.2 Å². The SMILES string of the molecule is CCN(CC)CC(=O)NCC(C)(CCN(C)C)c1cccc2ccccc12.Cl.Cl. The second-order valence-electron chi connectivity index (χ2n) is 7.88. The van der Waals surface area contributed by atoms with Crippen molar-refractivity contribution in [3.63, 3.8) is 0 Å². The van der Waals surface area contributed by atoms with E-state index in [4.69, 9.17) is 0 Å². The number of carbonyl (C=O) groups excluding carboxylic acids is 1. The zero-order valence-corrected chi connectivity index (χ0v) is 20.0. The van der Waals surface area contributed by atoms with Gasteiger partial charge in [-0.15, -0.1) is 24.8 Å². The third kappa shape index (κ3) is 7.78. The third-order valence-electron chi connectivity index (χ3n) is 5.49. The van der Waals surface area contributed by atoms with Crippen LogP contribution in [0.3, 0.4) is 0 Å². The van der Waals surface area contributed by atoms with E-state index in [1.807, 2.05) is 0 Å². The number of hydrogen-bond donors (Lipinski definition) is 1. The molecule has 1 unspecified atom stereocenters. The van der Waals surface area contributed by atoms with Crippen molar-refractivity contribution in [1.29, 1.82) is 0 Å². The van der Waals surface area contributed by atoms with Crippen molar-refractivity contribution < 1.29 is 4.79 Å². The van der Waals surface area contributed by atoms with Crippen LogP contribution in [-0.4, -0.2) is 62.5 Å². The lowest BCUT2D eigenvalue weighted by Gasteiger charge is -2.33. The molecule has 2 rings (SSSR count). The molecule has 6 heteroatoms. The second-order valence-corrected chi connectivity index (χ2v) is 7.88. The predicted octanol–water partition coefficient (Wildman–Crippen LogP) is 4.35. The Morgan fingerprint density at radius 3 is 2.24 bits per heavy atom. The maximum absolute atomic E-state index is 12.5. The Kier molecular flexibility index (Phi) is 12.5. The van der Waals surface area contributed by atoms with E-state index in [1.54, 1.807) is 0 Å². The van der Waals surface area contributed by atoms with Crippen LogP contribution in [0.1, 0.15) is 32.8 Å². The first-order valence-corrected chi connectivity index (χ1v) is 10.0. The number of nitrogens with zero attached hydrogens (tertiary/aromatic N) is 2. The minimum Gasteiger partial charge on any atom is -0.354 e. The molecule has 4 nitrogen and oxygen atoms in total. The summed E-state index contributed by atoms with van der Waals surface area (Å²) < 4.78 is 0. The summed E-state index contributed by atoms with van der Waals surface area (Å²) in [5.41, 5.74) is 1.19. The summed E-state index contributed by atoms with van der Waals surface area (Å²) in [6.07, 6.45) is 0.986. The summed E-state index contributed by atoms with van der Waals surface area (Å²) in [6, 6.07) is 15.0. The van der Waals surface area contributed by atoms with E-state index in [1.165, 1.54) is 16.3 Å². The lowest BCUT2D eigenvalue weighted by Crippen LogP contribution is -2.44. The lowest BCUT2D eigenvalue weighted by molar-refractivity contribution is -0.122. The monoisotopic (exact) mass is 441 g/mol. The van der Waals surface area contributed by atoms with Gasteiger partial charge in [0.1, 0.15) is 0 Å². The van der Waals surface area contributed by atoms with E-state index in [0.717, 1.165) is 26.1 Å². The number of halogens is 2. The number of carbonyl (C=O) groups is 1. The van der Waals surface area contributed by atoms with Crippen molar-refractivity contribution in [2.75, 3.05) is 46.8 Å². The Morgan fingerprint density at radius 2 is 1.62 bits per heavy atom. The molecule has 1 atom stereocenters. The van der Waals surface area contributed by atoms with E-state index in [0.29, 0.717) is 13.1 Å². The van der Waals surface area contributed by atoms with E-state index in [9.17, 15) is 4.79 Å². The van der Waals surface area contributed by atoms with Crippen molar-refractivity contribution >= 4 is 41.5 Å². The summed E-state index contributed by atoms with van der Waals surface area (Å²) in [5, 5.41) is 5.74. The van der Waals surface area contributed by atoms with Gasteiger partial charge in [-0.2, -0.15) is 0 Å². The number of rotatable bonds is 10. The van der Waals surface area contributed by atoms with Gasteiger partial charge in [-0.05, 0) is 56.5 Å². The quantitative estimate of drug-likeness (QED) is 0.594. The van der Waals surface area contributed by atoms with Crippen LogP contribution in [0.4, 0.5) is 0 Å². The van der Waals surface area contributed by atoms with Crippen LogP contribution in [0.15, 0.2) is 42.5 Å². The molecule has 0 aliphatic heterocycles. The van der Waals surface area contributed by atoms with Crippen LogP contribution in [0.25, 0.3) is 10.8 Å². The Balaban J connectivity index is 0.00000392. The molecule has 0 saturated carbocycles. The van der Waals surface area contributed by atoms with Crippen molar-refractivity contribution in [3.8, 4) is 0 Å². The molecule has 164 valence electrons. The summed E-state index contributed by atoms with van der Waals surface area (Å²) in [7, 11) is 4.20. The smallest absolute Gasteiger partial charge is 0.234 e. The largest absolute Gasteiger partial charge is 0.354 e. The zero-order valence-electron chi connectivity index (χ0n) is 18.4. The Hall–Kier alpha value is -1.33.